The zero-order valence-corrected chi connectivity index (χ0v) is 14.2. The fourth-order valence-electron chi connectivity index (χ4n) is 3.92. The van der Waals surface area contributed by atoms with Crippen LogP contribution in [0, 0.1) is 11.8 Å². The fraction of sp³-hybridized carbons (Fsp3) is 0.700. The minimum Gasteiger partial charge on any atom is -0.310 e. The average molecular weight is 287 g/mol. The first-order valence-corrected chi connectivity index (χ1v) is 9.11. The van der Waals surface area contributed by atoms with E-state index in [0.29, 0.717) is 6.04 Å². The van der Waals surface area contributed by atoms with Gasteiger partial charge in [0, 0.05) is 6.04 Å². The van der Waals surface area contributed by atoms with Gasteiger partial charge >= 0.3 is 0 Å². The third-order valence-corrected chi connectivity index (χ3v) is 5.29. The fourth-order valence-corrected chi connectivity index (χ4v) is 3.92. The molecule has 21 heavy (non-hydrogen) atoms. The Bertz CT molecular complexity index is 408. The highest BCUT2D eigenvalue weighted by Crippen LogP contribution is 2.37. The van der Waals surface area contributed by atoms with E-state index in [1.54, 1.807) is 11.1 Å². The number of nitrogens with one attached hydrogen (secondary N) is 1. The van der Waals surface area contributed by atoms with Crippen LogP contribution in [0.1, 0.15) is 76.5 Å². The molecular formula is C20H33N. The Morgan fingerprint density at radius 3 is 2.62 bits per heavy atom. The van der Waals surface area contributed by atoms with Gasteiger partial charge in [0.25, 0.3) is 0 Å². The van der Waals surface area contributed by atoms with Crippen molar-refractivity contribution in [2.24, 2.45) is 11.8 Å². The molecule has 0 spiro atoms. The molecule has 1 nitrogen and oxygen atoms in total. The maximum Gasteiger partial charge on any atom is 0.0351 e. The number of hydrogen-bond acceptors (Lipinski definition) is 1. The molecule has 0 aliphatic heterocycles. The predicted molar refractivity (Wildman–Crippen MR) is 92.6 cm³/mol. The monoisotopic (exact) mass is 287 g/mol. The van der Waals surface area contributed by atoms with E-state index in [-0.39, 0.29) is 0 Å². The molecule has 1 aromatic rings. The predicted octanol–water partition coefficient (Wildman–Crippen LogP) is 5.51. The van der Waals surface area contributed by atoms with Crippen molar-refractivity contribution < 1.29 is 0 Å². The molecule has 1 aromatic carbocycles. The third-order valence-electron chi connectivity index (χ3n) is 5.29. The first-order valence-electron chi connectivity index (χ1n) is 9.11. The smallest absolute Gasteiger partial charge is 0.0351 e. The van der Waals surface area contributed by atoms with Gasteiger partial charge in [0.05, 0.1) is 0 Å². The maximum atomic E-state index is 3.87. The first kappa shape index (κ1) is 16.5. The van der Waals surface area contributed by atoms with Gasteiger partial charge < -0.3 is 5.32 Å². The molecule has 0 radical (unpaired) electrons. The maximum absolute atomic E-state index is 3.87. The molecule has 1 heteroatoms. The molecule has 0 amide bonds. The molecule has 1 aliphatic rings. The number of rotatable bonds is 7. The minimum absolute atomic E-state index is 0.573. The molecule has 1 aliphatic carbocycles. The Hall–Kier alpha value is -0.820. The second-order valence-corrected chi connectivity index (χ2v) is 6.70. The van der Waals surface area contributed by atoms with E-state index < -0.39 is 0 Å². The molecular weight excluding hydrogens is 254 g/mol. The minimum atomic E-state index is 0.573. The van der Waals surface area contributed by atoms with Gasteiger partial charge in [-0.1, -0.05) is 57.9 Å². The van der Waals surface area contributed by atoms with Crippen molar-refractivity contribution >= 4 is 0 Å². The van der Waals surface area contributed by atoms with Crippen LogP contribution in [0.5, 0.6) is 0 Å². The lowest BCUT2D eigenvalue weighted by atomic mass is 9.82. The number of hydrogen-bond donors (Lipinski definition) is 1. The quantitative estimate of drug-likeness (QED) is 0.652. The van der Waals surface area contributed by atoms with E-state index in [9.17, 15) is 0 Å². The molecule has 0 saturated carbocycles. The summed E-state index contributed by atoms with van der Waals surface area (Å²) in [7, 11) is 0. The van der Waals surface area contributed by atoms with Crippen molar-refractivity contribution in [2.75, 3.05) is 6.54 Å². The summed E-state index contributed by atoms with van der Waals surface area (Å²) in [6.45, 7) is 8.12. The molecule has 2 rings (SSSR count). The highest BCUT2D eigenvalue weighted by molar-refractivity contribution is 5.31. The summed E-state index contributed by atoms with van der Waals surface area (Å²) in [5.74, 6) is 1.70. The van der Waals surface area contributed by atoms with Crippen LogP contribution in [0.3, 0.4) is 0 Å². The van der Waals surface area contributed by atoms with Crippen LogP contribution in [0.25, 0.3) is 0 Å². The lowest BCUT2D eigenvalue weighted by Crippen LogP contribution is -2.30. The summed E-state index contributed by atoms with van der Waals surface area (Å²) in [5.41, 5.74) is 3.16. The number of fused-ring (bicyclic) bond motifs is 1. The highest BCUT2D eigenvalue weighted by Gasteiger charge is 2.28. The van der Waals surface area contributed by atoms with E-state index in [4.69, 9.17) is 0 Å². The van der Waals surface area contributed by atoms with Crippen molar-refractivity contribution in [1.29, 1.82) is 0 Å². The zero-order valence-electron chi connectivity index (χ0n) is 14.2. The average Bonchev–Trinajstić information content (AvgIpc) is 2.69. The van der Waals surface area contributed by atoms with Crippen LogP contribution in [0.15, 0.2) is 24.3 Å². The first-order chi connectivity index (χ1) is 10.3. The topological polar surface area (TPSA) is 12.0 Å². The van der Waals surface area contributed by atoms with Gasteiger partial charge in [-0.2, -0.15) is 0 Å². The lowest BCUT2D eigenvalue weighted by Gasteiger charge is -2.30. The second kappa shape index (κ2) is 8.58. The largest absolute Gasteiger partial charge is 0.310 e. The van der Waals surface area contributed by atoms with Crippen LogP contribution in [-0.4, -0.2) is 6.54 Å². The molecule has 0 bridgehead atoms. The van der Waals surface area contributed by atoms with Gasteiger partial charge in [-0.15, -0.1) is 0 Å². The van der Waals surface area contributed by atoms with Crippen LogP contribution >= 0.6 is 0 Å². The summed E-state index contributed by atoms with van der Waals surface area (Å²) < 4.78 is 0. The van der Waals surface area contributed by atoms with Crippen molar-refractivity contribution in [1.82, 2.24) is 5.32 Å². The van der Waals surface area contributed by atoms with Crippen molar-refractivity contribution in [3.8, 4) is 0 Å². The second-order valence-electron chi connectivity index (χ2n) is 6.70. The Balaban J connectivity index is 2.21. The van der Waals surface area contributed by atoms with Gasteiger partial charge in [0.2, 0.25) is 0 Å². The molecule has 0 saturated heterocycles. The summed E-state index contributed by atoms with van der Waals surface area (Å²) in [6.07, 6.45) is 9.27. The molecule has 0 heterocycles. The highest BCUT2D eigenvalue weighted by atomic mass is 14.9. The van der Waals surface area contributed by atoms with E-state index in [0.717, 1.165) is 18.4 Å². The Kier molecular flexibility index (Phi) is 6.76. The van der Waals surface area contributed by atoms with Crippen molar-refractivity contribution in [3.63, 3.8) is 0 Å². The van der Waals surface area contributed by atoms with E-state index >= 15 is 0 Å². The summed E-state index contributed by atoms with van der Waals surface area (Å²) in [4.78, 5) is 0. The van der Waals surface area contributed by atoms with E-state index in [1.807, 2.05) is 0 Å². The number of aryl methyl sites for hydroxylation is 1. The third kappa shape index (κ3) is 4.32. The van der Waals surface area contributed by atoms with Gasteiger partial charge in [-0.05, 0) is 61.6 Å². The lowest BCUT2D eigenvalue weighted by molar-refractivity contribution is 0.267. The van der Waals surface area contributed by atoms with Crippen LogP contribution in [0.2, 0.25) is 0 Å². The van der Waals surface area contributed by atoms with Crippen molar-refractivity contribution in [3.05, 3.63) is 35.4 Å². The van der Waals surface area contributed by atoms with Crippen LogP contribution in [-0.2, 0) is 6.42 Å². The molecule has 0 aromatic heterocycles. The standard InChI is InChI=1S/C20H33N/c1-4-14-21-20-18(15-16(5-2)6-3)12-9-11-17-10-7-8-13-19(17)20/h7-8,10,13,16,18,20-21H,4-6,9,11-12,14-15H2,1-3H3. The van der Waals surface area contributed by atoms with Gasteiger partial charge in [-0.25, -0.2) is 0 Å². The van der Waals surface area contributed by atoms with Crippen LogP contribution in [0.4, 0.5) is 0 Å². The van der Waals surface area contributed by atoms with Gasteiger partial charge in [-0.3, -0.25) is 0 Å². The van der Waals surface area contributed by atoms with E-state index in [2.05, 4.69) is 50.4 Å². The summed E-state index contributed by atoms with van der Waals surface area (Å²) in [5, 5.41) is 3.87. The summed E-state index contributed by atoms with van der Waals surface area (Å²) >= 11 is 0. The van der Waals surface area contributed by atoms with Crippen LogP contribution < -0.4 is 5.32 Å². The zero-order chi connectivity index (χ0) is 15.1. The Labute approximate surface area is 131 Å². The normalized spacial score (nSPS) is 22.1. The molecule has 2 atom stereocenters. The summed E-state index contributed by atoms with van der Waals surface area (Å²) in [6, 6.07) is 9.71. The Morgan fingerprint density at radius 2 is 1.90 bits per heavy atom. The molecule has 118 valence electrons. The Morgan fingerprint density at radius 1 is 1.14 bits per heavy atom. The molecule has 1 N–H and O–H groups in total. The number of benzene rings is 1. The van der Waals surface area contributed by atoms with Gasteiger partial charge in [0.1, 0.15) is 0 Å². The SMILES string of the molecule is CCCNC1c2ccccc2CCCC1CC(CC)CC. The van der Waals surface area contributed by atoms with Gasteiger partial charge in [0.15, 0.2) is 0 Å². The van der Waals surface area contributed by atoms with Crippen molar-refractivity contribution in [2.45, 2.75) is 71.8 Å². The molecule has 0 fully saturated rings. The van der Waals surface area contributed by atoms with E-state index in [1.165, 1.54) is 44.9 Å². The molecule has 2 unspecified atom stereocenters.